The van der Waals surface area contributed by atoms with Crippen LogP contribution < -0.4 is 5.32 Å². The van der Waals surface area contributed by atoms with Crippen LogP contribution in [0.15, 0.2) is 54.7 Å². The van der Waals surface area contributed by atoms with Crippen LogP contribution in [-0.2, 0) is 6.42 Å². The Hall–Kier alpha value is -2.35. The summed E-state index contributed by atoms with van der Waals surface area (Å²) in [6.07, 6.45) is 2.96. The predicted molar refractivity (Wildman–Crippen MR) is 79.4 cm³/mol. The van der Waals surface area contributed by atoms with Crippen molar-refractivity contribution >= 4 is 16.6 Å². The lowest BCUT2D eigenvalue weighted by Gasteiger charge is -2.06. The summed E-state index contributed by atoms with van der Waals surface area (Å²) in [5.74, 6) is 0. The first-order valence-corrected chi connectivity index (χ1v) is 6.62. The maximum atomic E-state index is 4.36. The van der Waals surface area contributed by atoms with Gasteiger partial charge < -0.3 is 5.32 Å². The fraction of sp³-hybridized carbons (Fsp3) is 0.118. The van der Waals surface area contributed by atoms with Gasteiger partial charge in [0.1, 0.15) is 0 Å². The standard InChI is InChI=1S/C17H14N2/c1-2-14-10-12(3-5-16(14)18-8-1)13-4-6-17-15(11-13)7-9-19-17/h1-6,8,10-11,19H,7,9H2. The van der Waals surface area contributed by atoms with Gasteiger partial charge in [0.15, 0.2) is 0 Å². The summed E-state index contributed by atoms with van der Waals surface area (Å²) in [4.78, 5) is 4.36. The fourth-order valence-electron chi connectivity index (χ4n) is 2.74. The minimum absolute atomic E-state index is 1.05. The van der Waals surface area contributed by atoms with Gasteiger partial charge in [-0.3, -0.25) is 4.98 Å². The Morgan fingerprint density at radius 3 is 2.84 bits per heavy atom. The second-order valence-electron chi connectivity index (χ2n) is 4.96. The normalized spacial score (nSPS) is 13.3. The number of anilines is 1. The van der Waals surface area contributed by atoms with E-state index in [1.54, 1.807) is 0 Å². The predicted octanol–water partition coefficient (Wildman–Crippen LogP) is 3.87. The molecule has 1 aromatic heterocycles. The van der Waals surface area contributed by atoms with Crippen LogP contribution in [-0.4, -0.2) is 11.5 Å². The molecule has 4 rings (SSSR count). The van der Waals surface area contributed by atoms with Crippen molar-refractivity contribution in [2.45, 2.75) is 6.42 Å². The van der Waals surface area contributed by atoms with Crippen molar-refractivity contribution in [1.82, 2.24) is 4.98 Å². The van der Waals surface area contributed by atoms with E-state index in [0.717, 1.165) is 18.5 Å². The highest BCUT2D eigenvalue weighted by molar-refractivity contribution is 5.84. The lowest BCUT2D eigenvalue weighted by molar-refractivity contribution is 1.11. The molecule has 0 fully saturated rings. The lowest BCUT2D eigenvalue weighted by atomic mass is 10.0. The van der Waals surface area contributed by atoms with Crippen LogP contribution in [0.5, 0.6) is 0 Å². The topological polar surface area (TPSA) is 24.9 Å². The van der Waals surface area contributed by atoms with E-state index in [1.165, 1.54) is 27.8 Å². The van der Waals surface area contributed by atoms with Crippen molar-refractivity contribution in [3.8, 4) is 11.1 Å². The van der Waals surface area contributed by atoms with E-state index in [0.29, 0.717) is 0 Å². The molecular formula is C17H14N2. The van der Waals surface area contributed by atoms with E-state index in [-0.39, 0.29) is 0 Å². The number of pyridine rings is 1. The molecule has 0 amide bonds. The largest absolute Gasteiger partial charge is 0.384 e. The van der Waals surface area contributed by atoms with Gasteiger partial charge in [0.25, 0.3) is 0 Å². The first-order chi connectivity index (χ1) is 9.40. The Kier molecular flexibility index (Phi) is 2.27. The summed E-state index contributed by atoms with van der Waals surface area (Å²) in [6, 6.07) is 17.2. The Bertz CT molecular complexity index is 762. The molecule has 0 aliphatic carbocycles. The van der Waals surface area contributed by atoms with Crippen LogP contribution in [0.25, 0.3) is 22.0 Å². The summed E-state index contributed by atoms with van der Waals surface area (Å²) < 4.78 is 0. The number of fused-ring (bicyclic) bond motifs is 2. The van der Waals surface area contributed by atoms with E-state index in [4.69, 9.17) is 0 Å². The summed E-state index contributed by atoms with van der Waals surface area (Å²) in [5.41, 5.74) is 6.30. The van der Waals surface area contributed by atoms with E-state index >= 15 is 0 Å². The summed E-state index contributed by atoms with van der Waals surface area (Å²) >= 11 is 0. The second kappa shape index (κ2) is 4.09. The zero-order valence-corrected chi connectivity index (χ0v) is 10.6. The Morgan fingerprint density at radius 1 is 0.947 bits per heavy atom. The maximum absolute atomic E-state index is 4.36. The molecular weight excluding hydrogens is 232 g/mol. The highest BCUT2D eigenvalue weighted by Gasteiger charge is 2.10. The number of nitrogens with zero attached hydrogens (tertiary/aromatic N) is 1. The van der Waals surface area contributed by atoms with Gasteiger partial charge in [-0.1, -0.05) is 18.2 Å². The third-order valence-electron chi connectivity index (χ3n) is 3.75. The number of nitrogens with one attached hydrogen (secondary N) is 1. The first-order valence-electron chi connectivity index (χ1n) is 6.62. The van der Waals surface area contributed by atoms with Gasteiger partial charge in [0.05, 0.1) is 5.52 Å². The summed E-state index contributed by atoms with van der Waals surface area (Å²) in [7, 11) is 0. The first kappa shape index (κ1) is 10.6. The van der Waals surface area contributed by atoms with Crippen molar-refractivity contribution in [1.29, 1.82) is 0 Å². The number of hydrogen-bond donors (Lipinski definition) is 1. The van der Waals surface area contributed by atoms with Gasteiger partial charge in [-0.25, -0.2) is 0 Å². The van der Waals surface area contributed by atoms with Crippen LogP contribution in [0.4, 0.5) is 5.69 Å². The quantitative estimate of drug-likeness (QED) is 0.705. The van der Waals surface area contributed by atoms with Crippen LogP contribution in [0.3, 0.4) is 0 Å². The molecule has 1 aliphatic heterocycles. The van der Waals surface area contributed by atoms with Gasteiger partial charge in [-0.2, -0.15) is 0 Å². The maximum Gasteiger partial charge on any atom is 0.0702 e. The van der Waals surface area contributed by atoms with Gasteiger partial charge in [0.2, 0.25) is 0 Å². The number of hydrogen-bond acceptors (Lipinski definition) is 2. The van der Waals surface area contributed by atoms with Gasteiger partial charge in [-0.05, 0) is 53.4 Å². The van der Waals surface area contributed by atoms with Crippen LogP contribution >= 0.6 is 0 Å². The lowest BCUT2D eigenvalue weighted by Crippen LogP contribution is -1.90. The van der Waals surface area contributed by atoms with E-state index < -0.39 is 0 Å². The van der Waals surface area contributed by atoms with Gasteiger partial charge in [0, 0.05) is 23.8 Å². The van der Waals surface area contributed by atoms with Crippen molar-refractivity contribution < 1.29 is 0 Å². The zero-order valence-electron chi connectivity index (χ0n) is 10.6. The average molecular weight is 246 g/mol. The zero-order chi connectivity index (χ0) is 12.7. The molecule has 0 bridgehead atoms. The van der Waals surface area contributed by atoms with Crippen LogP contribution in [0.1, 0.15) is 5.56 Å². The minimum atomic E-state index is 1.05. The molecule has 0 radical (unpaired) electrons. The van der Waals surface area contributed by atoms with Gasteiger partial charge >= 0.3 is 0 Å². The van der Waals surface area contributed by atoms with Crippen molar-refractivity contribution in [2.75, 3.05) is 11.9 Å². The minimum Gasteiger partial charge on any atom is -0.384 e. The van der Waals surface area contributed by atoms with Crippen molar-refractivity contribution in [3.63, 3.8) is 0 Å². The second-order valence-corrected chi connectivity index (χ2v) is 4.96. The smallest absolute Gasteiger partial charge is 0.0702 e. The fourth-order valence-corrected chi connectivity index (χ4v) is 2.74. The number of aromatic nitrogens is 1. The molecule has 2 heterocycles. The van der Waals surface area contributed by atoms with Crippen molar-refractivity contribution in [2.24, 2.45) is 0 Å². The third-order valence-corrected chi connectivity index (χ3v) is 3.75. The molecule has 92 valence electrons. The van der Waals surface area contributed by atoms with Crippen LogP contribution in [0.2, 0.25) is 0 Å². The average Bonchev–Trinajstić information content (AvgIpc) is 2.94. The van der Waals surface area contributed by atoms with Gasteiger partial charge in [-0.15, -0.1) is 0 Å². The third kappa shape index (κ3) is 1.76. The highest BCUT2D eigenvalue weighted by atomic mass is 14.9. The molecule has 1 N–H and O–H groups in total. The molecule has 1 aliphatic rings. The molecule has 2 heteroatoms. The van der Waals surface area contributed by atoms with E-state index in [1.807, 2.05) is 12.3 Å². The molecule has 19 heavy (non-hydrogen) atoms. The molecule has 0 unspecified atom stereocenters. The molecule has 0 spiro atoms. The number of benzene rings is 2. The molecule has 0 saturated heterocycles. The van der Waals surface area contributed by atoms with E-state index in [2.05, 4.69) is 52.8 Å². The Morgan fingerprint density at radius 2 is 1.84 bits per heavy atom. The van der Waals surface area contributed by atoms with Crippen LogP contribution in [0, 0.1) is 0 Å². The van der Waals surface area contributed by atoms with Crippen molar-refractivity contribution in [3.05, 3.63) is 60.3 Å². The molecule has 3 aromatic rings. The molecule has 2 aromatic carbocycles. The monoisotopic (exact) mass is 246 g/mol. The van der Waals surface area contributed by atoms with E-state index in [9.17, 15) is 0 Å². The Balaban J connectivity index is 1.85. The summed E-state index contributed by atoms with van der Waals surface area (Å²) in [6.45, 7) is 1.06. The Labute approximate surface area is 112 Å². The SMILES string of the molecule is c1cnc2ccc(-c3ccc4c(c3)CCN4)cc2c1. The molecule has 0 saturated carbocycles. The summed E-state index contributed by atoms with van der Waals surface area (Å²) in [5, 5.41) is 4.59. The highest BCUT2D eigenvalue weighted by Crippen LogP contribution is 2.29. The molecule has 0 atom stereocenters. The molecule has 2 nitrogen and oxygen atoms in total. The number of rotatable bonds is 1.